The predicted molar refractivity (Wildman–Crippen MR) is 105 cm³/mol. The number of ether oxygens (including phenoxy) is 1. The minimum absolute atomic E-state index is 0.0183. The van der Waals surface area contributed by atoms with Crippen LogP contribution in [0, 0.1) is 0 Å². The minimum Gasteiger partial charge on any atom is -0.468 e. The molecule has 3 rings (SSSR count). The molecule has 0 spiro atoms. The molecule has 0 aliphatic carbocycles. The molecule has 6 nitrogen and oxygen atoms in total. The Kier molecular flexibility index (Phi) is 6.41. The molecule has 28 heavy (non-hydrogen) atoms. The standard InChI is InChI=1S/C19H15Cl2NO5S/c20-17-4-1-5-18(21)16(17)12-27-19(23)13-6-8-15(9-7-13)28(24,25)22-11-14-3-2-10-26-14/h1-10,22H,11-12H2. The molecule has 0 radical (unpaired) electrons. The Balaban J connectivity index is 1.63. The molecule has 0 saturated carbocycles. The average Bonchev–Trinajstić information content (AvgIpc) is 3.20. The predicted octanol–water partition coefficient (Wildman–Crippen LogP) is 4.42. The molecular formula is C19H15Cl2NO5S. The van der Waals surface area contributed by atoms with Gasteiger partial charge in [-0.25, -0.2) is 17.9 Å². The van der Waals surface area contributed by atoms with E-state index >= 15 is 0 Å². The second-order valence-corrected chi connectivity index (χ2v) is 8.29. The first-order valence-electron chi connectivity index (χ1n) is 8.09. The van der Waals surface area contributed by atoms with Crippen LogP contribution in [0.3, 0.4) is 0 Å². The third kappa shape index (κ3) is 4.94. The van der Waals surface area contributed by atoms with Crippen LogP contribution in [0.5, 0.6) is 0 Å². The summed E-state index contributed by atoms with van der Waals surface area (Å²) in [6.07, 6.45) is 1.46. The smallest absolute Gasteiger partial charge is 0.338 e. The van der Waals surface area contributed by atoms with Crippen molar-refractivity contribution >= 4 is 39.2 Å². The quantitative estimate of drug-likeness (QED) is 0.550. The topological polar surface area (TPSA) is 85.6 Å². The maximum Gasteiger partial charge on any atom is 0.338 e. The molecule has 0 saturated heterocycles. The minimum atomic E-state index is -3.74. The van der Waals surface area contributed by atoms with E-state index in [1.165, 1.54) is 30.5 Å². The molecule has 9 heteroatoms. The summed E-state index contributed by atoms with van der Waals surface area (Å²) in [6, 6.07) is 13.7. The van der Waals surface area contributed by atoms with E-state index in [0.717, 1.165) is 0 Å². The molecular weight excluding hydrogens is 425 g/mol. The Morgan fingerprint density at radius 3 is 2.29 bits per heavy atom. The van der Waals surface area contributed by atoms with Gasteiger partial charge < -0.3 is 9.15 Å². The molecule has 0 aliphatic rings. The molecule has 0 unspecified atom stereocenters. The number of halogens is 2. The molecule has 1 N–H and O–H groups in total. The largest absolute Gasteiger partial charge is 0.468 e. The highest BCUT2D eigenvalue weighted by Crippen LogP contribution is 2.25. The molecule has 0 atom stereocenters. The highest BCUT2D eigenvalue weighted by molar-refractivity contribution is 7.89. The Bertz CT molecular complexity index is 1040. The number of rotatable bonds is 7. The van der Waals surface area contributed by atoms with E-state index in [0.29, 0.717) is 21.4 Å². The van der Waals surface area contributed by atoms with Crippen LogP contribution in [0.25, 0.3) is 0 Å². The molecule has 146 valence electrons. The summed E-state index contributed by atoms with van der Waals surface area (Å²) in [5, 5.41) is 0.786. The van der Waals surface area contributed by atoms with Crippen molar-refractivity contribution in [3.8, 4) is 0 Å². The third-order valence-corrected chi connectivity index (χ3v) is 5.95. The van der Waals surface area contributed by atoms with Gasteiger partial charge in [-0.15, -0.1) is 0 Å². The zero-order valence-corrected chi connectivity index (χ0v) is 16.7. The molecule has 0 fully saturated rings. The third-order valence-electron chi connectivity index (χ3n) is 3.83. The summed E-state index contributed by atoms with van der Waals surface area (Å²) < 4.78 is 37.3. The van der Waals surface area contributed by atoms with Crippen molar-refractivity contribution in [3.63, 3.8) is 0 Å². The van der Waals surface area contributed by atoms with Gasteiger partial charge >= 0.3 is 5.97 Å². The summed E-state index contributed by atoms with van der Waals surface area (Å²) >= 11 is 12.1. The first kappa shape index (κ1) is 20.4. The Labute approximate surface area is 172 Å². The molecule has 1 heterocycles. The van der Waals surface area contributed by atoms with Crippen molar-refractivity contribution in [2.75, 3.05) is 0 Å². The van der Waals surface area contributed by atoms with E-state index in [1.807, 2.05) is 0 Å². The summed E-state index contributed by atoms with van der Waals surface area (Å²) in [6.45, 7) is -0.0696. The van der Waals surface area contributed by atoms with Crippen LogP contribution in [0.15, 0.2) is 70.2 Å². The fraction of sp³-hybridized carbons (Fsp3) is 0.105. The number of carbonyl (C=O) groups is 1. The average molecular weight is 440 g/mol. The van der Waals surface area contributed by atoms with Gasteiger partial charge in [0.2, 0.25) is 10.0 Å². The van der Waals surface area contributed by atoms with Gasteiger partial charge in [-0.1, -0.05) is 29.3 Å². The van der Waals surface area contributed by atoms with Crippen molar-refractivity contribution in [2.24, 2.45) is 0 Å². The lowest BCUT2D eigenvalue weighted by Gasteiger charge is -2.09. The maximum absolute atomic E-state index is 12.3. The lowest BCUT2D eigenvalue weighted by atomic mass is 10.2. The van der Waals surface area contributed by atoms with E-state index in [-0.39, 0.29) is 23.6 Å². The summed E-state index contributed by atoms with van der Waals surface area (Å²) in [5.74, 6) is -0.134. The van der Waals surface area contributed by atoms with Crippen molar-refractivity contribution in [2.45, 2.75) is 18.0 Å². The van der Waals surface area contributed by atoms with Gasteiger partial charge in [-0.2, -0.15) is 0 Å². The van der Waals surface area contributed by atoms with E-state index in [2.05, 4.69) is 4.72 Å². The maximum atomic E-state index is 12.3. The van der Waals surface area contributed by atoms with Gasteiger partial charge in [-0.3, -0.25) is 0 Å². The molecule has 3 aromatic rings. The van der Waals surface area contributed by atoms with Crippen LogP contribution in [-0.4, -0.2) is 14.4 Å². The monoisotopic (exact) mass is 439 g/mol. The Morgan fingerprint density at radius 2 is 1.68 bits per heavy atom. The summed E-state index contributed by atoms with van der Waals surface area (Å²) in [7, 11) is -3.74. The number of sulfonamides is 1. The van der Waals surface area contributed by atoms with Crippen LogP contribution in [0.2, 0.25) is 10.0 Å². The number of hydrogen-bond donors (Lipinski definition) is 1. The Hall–Kier alpha value is -2.32. The Morgan fingerprint density at radius 1 is 1.00 bits per heavy atom. The zero-order valence-electron chi connectivity index (χ0n) is 14.4. The van der Waals surface area contributed by atoms with E-state index < -0.39 is 16.0 Å². The van der Waals surface area contributed by atoms with Crippen LogP contribution < -0.4 is 4.72 Å². The summed E-state index contributed by atoms with van der Waals surface area (Å²) in [5.41, 5.74) is 0.702. The molecule has 1 aromatic heterocycles. The molecule has 2 aromatic carbocycles. The van der Waals surface area contributed by atoms with Crippen LogP contribution in [0.1, 0.15) is 21.7 Å². The van der Waals surface area contributed by atoms with Crippen molar-refractivity contribution < 1.29 is 22.4 Å². The number of carbonyl (C=O) groups excluding carboxylic acids is 1. The van der Waals surface area contributed by atoms with Crippen LogP contribution in [-0.2, 0) is 27.9 Å². The number of nitrogens with one attached hydrogen (secondary N) is 1. The van der Waals surface area contributed by atoms with Gasteiger partial charge in [0.1, 0.15) is 12.4 Å². The SMILES string of the molecule is O=C(OCc1c(Cl)cccc1Cl)c1ccc(S(=O)(=O)NCc2ccco2)cc1. The second-order valence-electron chi connectivity index (χ2n) is 5.70. The lowest BCUT2D eigenvalue weighted by molar-refractivity contribution is 0.0473. The second kappa shape index (κ2) is 8.79. The highest BCUT2D eigenvalue weighted by atomic mass is 35.5. The van der Waals surface area contributed by atoms with E-state index in [9.17, 15) is 13.2 Å². The highest BCUT2D eigenvalue weighted by Gasteiger charge is 2.16. The lowest BCUT2D eigenvalue weighted by Crippen LogP contribution is -2.23. The first-order valence-corrected chi connectivity index (χ1v) is 10.3. The van der Waals surface area contributed by atoms with Gasteiger partial charge in [0, 0.05) is 15.6 Å². The van der Waals surface area contributed by atoms with Crippen molar-refractivity contribution in [3.05, 3.63) is 87.8 Å². The fourth-order valence-electron chi connectivity index (χ4n) is 2.32. The molecule has 0 bridgehead atoms. The fourth-order valence-corrected chi connectivity index (χ4v) is 3.82. The van der Waals surface area contributed by atoms with E-state index in [4.69, 9.17) is 32.4 Å². The number of esters is 1. The number of furan rings is 1. The van der Waals surface area contributed by atoms with E-state index in [1.54, 1.807) is 30.3 Å². The van der Waals surface area contributed by atoms with Gasteiger partial charge in [0.15, 0.2) is 0 Å². The molecule has 0 amide bonds. The summed E-state index contributed by atoms with van der Waals surface area (Å²) in [4.78, 5) is 12.2. The zero-order chi connectivity index (χ0) is 20.1. The first-order chi connectivity index (χ1) is 13.4. The van der Waals surface area contributed by atoms with Gasteiger partial charge in [0.25, 0.3) is 0 Å². The van der Waals surface area contributed by atoms with Crippen molar-refractivity contribution in [1.82, 2.24) is 4.72 Å². The van der Waals surface area contributed by atoms with Gasteiger partial charge in [0.05, 0.1) is 23.3 Å². The number of benzene rings is 2. The van der Waals surface area contributed by atoms with Crippen LogP contribution in [0.4, 0.5) is 0 Å². The van der Waals surface area contributed by atoms with Gasteiger partial charge in [-0.05, 0) is 48.5 Å². The van der Waals surface area contributed by atoms with Crippen molar-refractivity contribution in [1.29, 1.82) is 0 Å². The number of hydrogen-bond acceptors (Lipinski definition) is 5. The molecule has 0 aliphatic heterocycles. The normalized spacial score (nSPS) is 11.4. The van der Waals surface area contributed by atoms with Crippen LogP contribution >= 0.6 is 23.2 Å².